The van der Waals surface area contributed by atoms with E-state index in [1.165, 1.54) is 23.8 Å². The van der Waals surface area contributed by atoms with Crippen LogP contribution < -0.4 is 5.32 Å². The average Bonchev–Trinajstić information content (AvgIpc) is 3.63. The van der Waals surface area contributed by atoms with Crippen LogP contribution >= 0.6 is 11.6 Å². The van der Waals surface area contributed by atoms with E-state index in [1.54, 1.807) is 12.4 Å². The molecule has 1 aromatic heterocycles. The predicted molar refractivity (Wildman–Crippen MR) is 163 cm³/mol. The first-order valence-electron chi connectivity index (χ1n) is 15.0. The Bertz CT molecular complexity index is 1720. The number of nitrogens with zero attached hydrogens (tertiary/aromatic N) is 4. The van der Waals surface area contributed by atoms with Gasteiger partial charge in [0.1, 0.15) is 5.82 Å². The van der Waals surface area contributed by atoms with Gasteiger partial charge in [0.15, 0.2) is 0 Å². The van der Waals surface area contributed by atoms with E-state index in [9.17, 15) is 14.0 Å². The highest BCUT2D eigenvalue weighted by molar-refractivity contribution is 6.31. The highest BCUT2D eigenvalue weighted by atomic mass is 35.5. The van der Waals surface area contributed by atoms with Crippen LogP contribution in [0.1, 0.15) is 69.1 Å². The summed E-state index contributed by atoms with van der Waals surface area (Å²) in [6, 6.07) is 15.8. The largest absolute Gasteiger partial charge is 0.345 e. The lowest BCUT2D eigenvalue weighted by atomic mass is 9.77. The zero-order chi connectivity index (χ0) is 29.6. The van der Waals surface area contributed by atoms with Crippen LogP contribution in [0.15, 0.2) is 67.0 Å². The maximum absolute atomic E-state index is 14.3. The number of carbonyl (C=O) groups excluding carboxylic acids is 2. The Balaban J connectivity index is 0.978. The lowest BCUT2D eigenvalue weighted by Crippen LogP contribution is -2.42. The first-order valence-corrected chi connectivity index (χ1v) is 15.3. The van der Waals surface area contributed by atoms with Crippen molar-refractivity contribution in [3.63, 3.8) is 0 Å². The van der Waals surface area contributed by atoms with Gasteiger partial charge in [-0.25, -0.2) is 4.39 Å². The molecule has 0 bridgehead atoms. The predicted octanol–water partition coefficient (Wildman–Crippen LogP) is 5.97. The summed E-state index contributed by atoms with van der Waals surface area (Å²) in [4.78, 5) is 39.8. The van der Waals surface area contributed by atoms with E-state index in [0.29, 0.717) is 17.0 Å². The summed E-state index contributed by atoms with van der Waals surface area (Å²) in [6.45, 7) is 4.44. The highest BCUT2D eigenvalue weighted by Gasteiger charge is 2.42. The number of hydrogen-bond acceptors (Lipinski definition) is 5. The van der Waals surface area contributed by atoms with E-state index < -0.39 is 11.7 Å². The van der Waals surface area contributed by atoms with Crippen molar-refractivity contribution in [2.45, 2.75) is 44.7 Å². The third-order valence-corrected chi connectivity index (χ3v) is 9.77. The molecule has 43 heavy (non-hydrogen) atoms. The van der Waals surface area contributed by atoms with Gasteiger partial charge in [0.25, 0.3) is 11.8 Å². The second-order valence-corrected chi connectivity index (χ2v) is 12.7. The highest BCUT2D eigenvalue weighted by Crippen LogP contribution is 2.41. The van der Waals surface area contributed by atoms with E-state index in [2.05, 4.69) is 32.3 Å². The van der Waals surface area contributed by atoms with Gasteiger partial charge in [-0.05, 0) is 110 Å². The molecule has 2 fully saturated rings. The van der Waals surface area contributed by atoms with Crippen molar-refractivity contribution >= 4 is 34.4 Å². The molecule has 2 aliphatic heterocycles. The van der Waals surface area contributed by atoms with Gasteiger partial charge in [0.05, 0.1) is 22.6 Å². The van der Waals surface area contributed by atoms with E-state index in [0.717, 1.165) is 80.6 Å². The number of hydrogen-bond donors (Lipinski definition) is 1. The average molecular weight is 598 g/mol. The van der Waals surface area contributed by atoms with Crippen molar-refractivity contribution in [2.75, 3.05) is 26.2 Å². The number of carbonyl (C=O) groups is 2. The lowest BCUT2D eigenvalue weighted by Gasteiger charge is -2.39. The topological polar surface area (TPSA) is 78.4 Å². The molecule has 7 nitrogen and oxygen atoms in total. The minimum atomic E-state index is -0.610. The summed E-state index contributed by atoms with van der Waals surface area (Å²) in [5, 5.41) is 3.26. The summed E-state index contributed by atoms with van der Waals surface area (Å²) in [5.74, 6) is -1.07. The zero-order valence-corrected chi connectivity index (χ0v) is 24.6. The molecule has 9 heteroatoms. The second kappa shape index (κ2) is 11.3. The number of fused-ring (bicyclic) bond motifs is 2. The standard InChI is InChI=1S/C34H33ClFN5O2/c35-25-5-6-28(36)27(19-25)32(42)39-29-8-4-23-2-3-24(18-26(23)29)33(43)41-16-11-34(21-41)9-14-40(15-10-34)20-22-1-7-30-31(17-22)38-13-12-37-30/h1-3,5-7,12-13,17-19,29H,4,8-11,14-16,20-21H2,(H,39,42). The Morgan fingerprint density at radius 2 is 1.74 bits per heavy atom. The minimum absolute atomic E-state index is 0.0391. The fourth-order valence-corrected chi connectivity index (χ4v) is 7.21. The number of aromatic nitrogens is 2. The van der Waals surface area contributed by atoms with Gasteiger partial charge in [-0.15, -0.1) is 0 Å². The molecular weight excluding hydrogens is 565 g/mol. The molecule has 7 rings (SSSR count). The van der Waals surface area contributed by atoms with Crippen LogP contribution in [0, 0.1) is 11.2 Å². The monoisotopic (exact) mass is 597 g/mol. The molecular formula is C34H33ClFN5O2. The van der Waals surface area contributed by atoms with Gasteiger partial charge in [0, 0.05) is 42.6 Å². The lowest BCUT2D eigenvalue weighted by molar-refractivity contribution is 0.0713. The fraction of sp³-hybridized carbons (Fsp3) is 0.353. The van der Waals surface area contributed by atoms with Crippen molar-refractivity contribution in [3.8, 4) is 0 Å². The van der Waals surface area contributed by atoms with Gasteiger partial charge in [0.2, 0.25) is 0 Å². The molecule has 1 spiro atoms. The van der Waals surface area contributed by atoms with Crippen molar-refractivity contribution < 1.29 is 14.0 Å². The van der Waals surface area contributed by atoms with Crippen molar-refractivity contribution in [3.05, 3.63) is 106 Å². The summed E-state index contributed by atoms with van der Waals surface area (Å²) in [5.41, 5.74) is 5.85. The minimum Gasteiger partial charge on any atom is -0.345 e. The molecule has 220 valence electrons. The summed E-state index contributed by atoms with van der Waals surface area (Å²) < 4.78 is 14.3. The van der Waals surface area contributed by atoms with Crippen LogP contribution in [0.4, 0.5) is 4.39 Å². The number of amides is 2. The molecule has 1 N–H and O–H groups in total. The molecule has 3 heterocycles. The van der Waals surface area contributed by atoms with Gasteiger partial charge in [-0.2, -0.15) is 0 Å². The molecule has 1 atom stereocenters. The maximum Gasteiger partial charge on any atom is 0.254 e. The second-order valence-electron chi connectivity index (χ2n) is 12.2. The quantitative estimate of drug-likeness (QED) is 0.307. The number of benzene rings is 3. The Kier molecular flexibility index (Phi) is 7.35. The van der Waals surface area contributed by atoms with Crippen LogP contribution in [-0.2, 0) is 13.0 Å². The van der Waals surface area contributed by atoms with E-state index in [1.807, 2.05) is 29.2 Å². The van der Waals surface area contributed by atoms with Crippen LogP contribution in [-0.4, -0.2) is 57.8 Å². The molecule has 3 aromatic carbocycles. The van der Waals surface area contributed by atoms with Crippen LogP contribution in [0.5, 0.6) is 0 Å². The number of piperidine rings is 1. The number of rotatable bonds is 5. The van der Waals surface area contributed by atoms with Gasteiger partial charge < -0.3 is 10.2 Å². The number of nitrogens with one attached hydrogen (secondary N) is 1. The maximum atomic E-state index is 14.3. The summed E-state index contributed by atoms with van der Waals surface area (Å²) in [7, 11) is 0. The van der Waals surface area contributed by atoms with Crippen molar-refractivity contribution in [1.29, 1.82) is 0 Å². The summed E-state index contributed by atoms with van der Waals surface area (Å²) in [6.07, 6.45) is 8.11. The number of halogens is 2. The Morgan fingerprint density at radius 3 is 2.58 bits per heavy atom. The van der Waals surface area contributed by atoms with E-state index in [4.69, 9.17) is 11.6 Å². The molecule has 1 aliphatic carbocycles. The van der Waals surface area contributed by atoms with Crippen molar-refractivity contribution in [1.82, 2.24) is 25.1 Å². The van der Waals surface area contributed by atoms with Crippen LogP contribution in [0.25, 0.3) is 11.0 Å². The smallest absolute Gasteiger partial charge is 0.254 e. The van der Waals surface area contributed by atoms with E-state index >= 15 is 0 Å². The number of likely N-dealkylation sites (tertiary alicyclic amines) is 2. The third kappa shape index (κ3) is 5.61. The first-order chi connectivity index (χ1) is 20.9. The molecule has 1 unspecified atom stereocenters. The van der Waals surface area contributed by atoms with Gasteiger partial charge in [-0.3, -0.25) is 24.5 Å². The number of aryl methyl sites for hydroxylation is 1. The molecule has 3 aliphatic rings. The van der Waals surface area contributed by atoms with Crippen molar-refractivity contribution in [2.24, 2.45) is 5.41 Å². The van der Waals surface area contributed by atoms with Gasteiger partial charge in [-0.1, -0.05) is 23.7 Å². The Hall–Kier alpha value is -3.88. The van der Waals surface area contributed by atoms with Crippen LogP contribution in [0.3, 0.4) is 0 Å². The zero-order valence-electron chi connectivity index (χ0n) is 23.9. The molecule has 4 aromatic rings. The van der Waals surface area contributed by atoms with Crippen LogP contribution in [0.2, 0.25) is 5.02 Å². The Labute approximate surface area is 255 Å². The summed E-state index contributed by atoms with van der Waals surface area (Å²) >= 11 is 5.99. The van der Waals surface area contributed by atoms with E-state index in [-0.39, 0.29) is 22.9 Å². The van der Waals surface area contributed by atoms with Gasteiger partial charge >= 0.3 is 0 Å². The SMILES string of the molecule is O=C(NC1CCc2ccc(C(=O)N3CCC4(CCN(Cc5ccc6nccnc6c5)CC4)C3)cc21)c1cc(Cl)ccc1F. The fourth-order valence-electron chi connectivity index (χ4n) is 7.04. The molecule has 0 saturated carbocycles. The Morgan fingerprint density at radius 1 is 0.953 bits per heavy atom. The molecule has 0 radical (unpaired) electrons. The first kappa shape index (κ1) is 27.9. The molecule has 2 saturated heterocycles. The molecule has 2 amide bonds. The normalized spacial score (nSPS) is 19.6. The third-order valence-electron chi connectivity index (χ3n) is 9.53.